The number of hydrogen-bond donors (Lipinski definition) is 3. The maximum absolute atomic E-state index is 15.5. The van der Waals surface area contributed by atoms with E-state index in [2.05, 4.69) is 25.6 Å². The van der Waals surface area contributed by atoms with Crippen LogP contribution in [-0.2, 0) is 10.0 Å². The Balaban J connectivity index is 1.60. The third-order valence-electron chi connectivity index (χ3n) is 6.08. The van der Waals surface area contributed by atoms with Gasteiger partial charge in [0, 0.05) is 25.0 Å². The first-order chi connectivity index (χ1) is 18.3. The number of anilines is 1. The molecule has 2 aromatic heterocycles. The molecule has 1 fully saturated rings. The molecular formula is C26H31FN6O4S. The summed E-state index contributed by atoms with van der Waals surface area (Å²) in [6, 6.07) is 8.06. The molecule has 3 N–H and O–H groups in total. The highest BCUT2D eigenvalue weighted by Crippen LogP contribution is 2.34. The Morgan fingerprint density at radius 1 is 1.21 bits per heavy atom. The molecule has 0 saturated carbocycles. The third-order valence-corrected chi connectivity index (χ3v) is 7.41. The van der Waals surface area contributed by atoms with Gasteiger partial charge in [-0.3, -0.25) is 4.79 Å². The van der Waals surface area contributed by atoms with Crippen LogP contribution in [0.3, 0.4) is 0 Å². The van der Waals surface area contributed by atoms with Crippen molar-refractivity contribution in [3.63, 3.8) is 0 Å². The van der Waals surface area contributed by atoms with E-state index in [0.29, 0.717) is 35.6 Å². The zero-order chi connectivity index (χ0) is 27.1. The number of amides is 1. The molecule has 10 nitrogen and oxygen atoms in total. The van der Waals surface area contributed by atoms with Gasteiger partial charge in [0.2, 0.25) is 21.9 Å². The summed E-state index contributed by atoms with van der Waals surface area (Å²) in [6.45, 7) is 5.26. The Kier molecular flexibility index (Phi) is 8.85. The lowest BCUT2D eigenvalue weighted by molar-refractivity contribution is 0.0976. The fourth-order valence-electron chi connectivity index (χ4n) is 4.03. The number of nitrogens with one attached hydrogen (secondary N) is 3. The zero-order valence-electron chi connectivity index (χ0n) is 21.3. The Morgan fingerprint density at radius 2 is 2.05 bits per heavy atom. The van der Waals surface area contributed by atoms with Crippen molar-refractivity contribution in [3.8, 4) is 22.9 Å². The van der Waals surface area contributed by atoms with Crippen molar-refractivity contribution in [1.29, 1.82) is 0 Å². The molecule has 0 bridgehead atoms. The molecule has 0 unspecified atom stereocenters. The third kappa shape index (κ3) is 6.81. The number of pyridine rings is 1. The van der Waals surface area contributed by atoms with Crippen LogP contribution in [0.4, 0.5) is 10.3 Å². The molecule has 1 saturated heterocycles. The lowest BCUT2D eigenvalue weighted by Gasteiger charge is -2.23. The number of carbonyl (C=O) groups excluding carboxylic acids is 1. The van der Waals surface area contributed by atoms with Gasteiger partial charge in [0.15, 0.2) is 11.6 Å². The number of ether oxygens (including phenoxy) is 1. The van der Waals surface area contributed by atoms with Gasteiger partial charge in [0.1, 0.15) is 0 Å². The lowest BCUT2D eigenvalue weighted by Crippen LogP contribution is -2.38. The van der Waals surface area contributed by atoms with E-state index in [1.54, 1.807) is 31.3 Å². The highest BCUT2D eigenvalue weighted by Gasteiger charge is 2.24. The molecule has 3 heterocycles. The predicted octanol–water partition coefficient (Wildman–Crippen LogP) is 3.80. The molecule has 0 spiro atoms. The Bertz CT molecular complexity index is 1400. The van der Waals surface area contributed by atoms with Gasteiger partial charge in [-0.1, -0.05) is 19.4 Å². The van der Waals surface area contributed by atoms with Gasteiger partial charge in [-0.05, 0) is 62.6 Å². The van der Waals surface area contributed by atoms with E-state index < -0.39 is 27.3 Å². The number of piperidine rings is 1. The van der Waals surface area contributed by atoms with E-state index in [9.17, 15) is 13.2 Å². The average Bonchev–Trinajstić information content (AvgIpc) is 2.90. The van der Waals surface area contributed by atoms with Gasteiger partial charge in [-0.25, -0.2) is 32.5 Å². The number of sulfonamides is 1. The monoisotopic (exact) mass is 542 g/mol. The van der Waals surface area contributed by atoms with Crippen molar-refractivity contribution >= 4 is 21.9 Å². The minimum atomic E-state index is -3.89. The number of aromatic nitrogens is 3. The van der Waals surface area contributed by atoms with Gasteiger partial charge in [-0.2, -0.15) is 0 Å². The van der Waals surface area contributed by atoms with Crippen molar-refractivity contribution in [2.75, 3.05) is 24.2 Å². The summed E-state index contributed by atoms with van der Waals surface area (Å²) in [6.07, 6.45) is 6.20. The first kappa shape index (κ1) is 27.4. The molecule has 202 valence electrons. The number of nitrogens with zero attached hydrogens (tertiary/aromatic N) is 3. The first-order valence-electron chi connectivity index (χ1n) is 12.5. The second-order valence-electron chi connectivity index (χ2n) is 9.09. The molecule has 1 aliphatic heterocycles. The van der Waals surface area contributed by atoms with Crippen LogP contribution in [0.1, 0.15) is 48.5 Å². The zero-order valence-corrected chi connectivity index (χ0v) is 22.1. The van der Waals surface area contributed by atoms with Crippen molar-refractivity contribution in [1.82, 2.24) is 25.0 Å². The standard InChI is InChI=1S/C26H31FN6O4S/c1-3-4-15-38(35,36)33-24(34)20-10-9-17(2)23(22(20)27)37-25-19(8-6-13-29-25)21-11-14-30-26(32-21)31-18-7-5-12-28-16-18/h6,8-11,13-14,18,28H,3-5,7,12,15-16H2,1-2H3,(H,33,34)(H,30,31,32)/t18-/m0/s1. The molecule has 38 heavy (non-hydrogen) atoms. The van der Waals surface area contributed by atoms with E-state index in [0.717, 1.165) is 25.9 Å². The summed E-state index contributed by atoms with van der Waals surface area (Å²) in [4.78, 5) is 25.8. The number of hydrogen-bond acceptors (Lipinski definition) is 9. The van der Waals surface area contributed by atoms with Crippen molar-refractivity contribution in [2.45, 2.75) is 45.6 Å². The van der Waals surface area contributed by atoms with Crippen LogP contribution in [0.25, 0.3) is 11.3 Å². The number of halogens is 1. The number of unbranched alkanes of at least 4 members (excludes halogenated alkanes) is 1. The molecule has 1 atom stereocenters. The van der Waals surface area contributed by atoms with Crippen molar-refractivity contribution < 1.29 is 22.3 Å². The Labute approximate surface area is 221 Å². The number of aryl methyl sites for hydroxylation is 1. The Hall–Kier alpha value is -3.64. The van der Waals surface area contributed by atoms with Gasteiger partial charge < -0.3 is 15.4 Å². The van der Waals surface area contributed by atoms with Gasteiger partial charge in [0.25, 0.3) is 5.91 Å². The summed E-state index contributed by atoms with van der Waals surface area (Å²) in [5.41, 5.74) is 0.968. The van der Waals surface area contributed by atoms with Crippen molar-refractivity contribution in [3.05, 3.63) is 59.7 Å². The largest absolute Gasteiger partial charge is 0.435 e. The first-order valence-corrected chi connectivity index (χ1v) is 14.2. The second-order valence-corrected chi connectivity index (χ2v) is 10.9. The van der Waals surface area contributed by atoms with E-state index >= 15 is 4.39 Å². The molecule has 1 aromatic carbocycles. The topological polar surface area (TPSA) is 135 Å². The molecule has 0 radical (unpaired) electrons. The van der Waals surface area contributed by atoms with E-state index in [4.69, 9.17) is 4.74 Å². The molecule has 3 aromatic rings. The van der Waals surface area contributed by atoms with Crippen LogP contribution in [-0.4, -0.2) is 54.2 Å². The fourth-order valence-corrected chi connectivity index (χ4v) is 5.20. The van der Waals surface area contributed by atoms with Crippen LogP contribution in [0.15, 0.2) is 42.7 Å². The Morgan fingerprint density at radius 3 is 2.82 bits per heavy atom. The SMILES string of the molecule is CCCCS(=O)(=O)NC(=O)c1ccc(C)c(Oc2ncccc2-c2ccnc(N[C@H]3CCCNC3)n2)c1F. The van der Waals surface area contributed by atoms with E-state index in [-0.39, 0.29) is 23.4 Å². The van der Waals surface area contributed by atoms with Gasteiger partial charge in [0.05, 0.1) is 22.6 Å². The molecule has 12 heteroatoms. The molecular weight excluding hydrogens is 511 g/mol. The minimum Gasteiger partial charge on any atom is -0.435 e. The molecule has 1 amide bonds. The average molecular weight is 543 g/mol. The molecule has 0 aliphatic carbocycles. The van der Waals surface area contributed by atoms with Crippen LogP contribution in [0, 0.1) is 12.7 Å². The van der Waals surface area contributed by atoms with Gasteiger partial charge in [-0.15, -0.1) is 0 Å². The predicted molar refractivity (Wildman–Crippen MR) is 142 cm³/mol. The molecule has 1 aliphatic rings. The quantitative estimate of drug-likeness (QED) is 0.350. The van der Waals surface area contributed by atoms with E-state index in [1.165, 1.54) is 18.3 Å². The van der Waals surface area contributed by atoms with Crippen molar-refractivity contribution in [2.24, 2.45) is 0 Å². The summed E-state index contributed by atoms with van der Waals surface area (Å²) in [5.74, 6) is -1.98. The smallest absolute Gasteiger partial charge is 0.267 e. The van der Waals surface area contributed by atoms with E-state index in [1.807, 2.05) is 11.6 Å². The van der Waals surface area contributed by atoms with Crippen LogP contribution >= 0.6 is 0 Å². The second kappa shape index (κ2) is 12.3. The maximum Gasteiger partial charge on any atom is 0.267 e. The number of benzene rings is 1. The normalized spacial score (nSPS) is 15.6. The summed E-state index contributed by atoms with van der Waals surface area (Å²) >= 11 is 0. The highest BCUT2D eigenvalue weighted by atomic mass is 32.2. The number of carbonyl (C=O) groups is 1. The summed E-state index contributed by atoms with van der Waals surface area (Å²) in [7, 11) is -3.89. The number of rotatable bonds is 10. The maximum atomic E-state index is 15.5. The minimum absolute atomic E-state index is 0.0756. The fraction of sp³-hybridized carbons (Fsp3) is 0.385. The summed E-state index contributed by atoms with van der Waals surface area (Å²) < 4.78 is 47.7. The lowest BCUT2D eigenvalue weighted by atomic mass is 10.1. The van der Waals surface area contributed by atoms with Crippen LogP contribution < -0.4 is 20.1 Å². The van der Waals surface area contributed by atoms with Gasteiger partial charge >= 0.3 is 0 Å². The molecule has 4 rings (SSSR count). The highest BCUT2D eigenvalue weighted by molar-refractivity contribution is 7.90. The van der Waals surface area contributed by atoms with Crippen LogP contribution in [0.5, 0.6) is 11.6 Å². The summed E-state index contributed by atoms with van der Waals surface area (Å²) in [5, 5.41) is 6.67. The van der Waals surface area contributed by atoms with Crippen LogP contribution in [0.2, 0.25) is 0 Å².